The van der Waals surface area contributed by atoms with Crippen LogP contribution in [-0.2, 0) is 24.1 Å². The molecule has 1 aliphatic rings. The van der Waals surface area contributed by atoms with E-state index in [1.54, 1.807) is 7.11 Å². The topological polar surface area (TPSA) is 73.1 Å². The number of ether oxygens (including phenoxy) is 1. The molecule has 0 unspecified atom stereocenters. The number of alkyl halides is 3. The maximum Gasteiger partial charge on any atom is 0.433 e. The van der Waals surface area contributed by atoms with Gasteiger partial charge in [-0.1, -0.05) is 0 Å². The summed E-state index contributed by atoms with van der Waals surface area (Å²) in [4.78, 5) is 17.4. The Balaban J connectivity index is 1.79. The molecule has 1 aliphatic heterocycles. The lowest BCUT2D eigenvalue weighted by Crippen LogP contribution is -2.40. The average molecular weight is 355 g/mol. The fourth-order valence-electron chi connectivity index (χ4n) is 2.87. The van der Waals surface area contributed by atoms with E-state index in [-0.39, 0.29) is 18.2 Å². The summed E-state index contributed by atoms with van der Waals surface area (Å²) >= 11 is 0. The Kier molecular flexibility index (Phi) is 4.46. The number of hydrogen-bond acceptors (Lipinski definition) is 5. The first kappa shape index (κ1) is 17.3. The third kappa shape index (κ3) is 3.34. The number of hydrogen-bond donors (Lipinski definition) is 0. The van der Waals surface area contributed by atoms with Gasteiger partial charge in [-0.15, -0.1) is 10.2 Å². The van der Waals surface area contributed by atoms with Gasteiger partial charge in [0.25, 0.3) is 5.91 Å². The van der Waals surface area contributed by atoms with Crippen molar-refractivity contribution in [2.45, 2.75) is 32.3 Å². The Morgan fingerprint density at radius 3 is 2.72 bits per heavy atom. The van der Waals surface area contributed by atoms with Crippen molar-refractivity contribution < 1.29 is 22.7 Å². The van der Waals surface area contributed by atoms with Gasteiger partial charge in [-0.2, -0.15) is 13.2 Å². The van der Waals surface area contributed by atoms with E-state index in [1.807, 2.05) is 11.5 Å². The van der Waals surface area contributed by atoms with E-state index >= 15 is 0 Å². The van der Waals surface area contributed by atoms with Crippen molar-refractivity contribution in [2.24, 2.45) is 0 Å². The van der Waals surface area contributed by atoms with Crippen LogP contribution in [0.4, 0.5) is 13.2 Å². The second kappa shape index (κ2) is 6.43. The molecular formula is C15H16F3N5O2. The second-order valence-corrected chi connectivity index (χ2v) is 5.80. The van der Waals surface area contributed by atoms with Crippen molar-refractivity contribution in [3.63, 3.8) is 0 Å². The SMILES string of the molecule is COCc1nnc2n1[C@@H](C)CN(C(=O)c1ccc(C(F)(F)F)nc1)C2. The zero-order chi connectivity index (χ0) is 18.2. The van der Waals surface area contributed by atoms with Crippen molar-refractivity contribution in [3.05, 3.63) is 41.2 Å². The van der Waals surface area contributed by atoms with Crippen LogP contribution < -0.4 is 0 Å². The number of methoxy groups -OCH3 is 1. The van der Waals surface area contributed by atoms with Crippen LogP contribution in [0.5, 0.6) is 0 Å². The van der Waals surface area contributed by atoms with Crippen LogP contribution in [-0.4, -0.2) is 44.2 Å². The molecule has 1 amide bonds. The highest BCUT2D eigenvalue weighted by Crippen LogP contribution is 2.28. The van der Waals surface area contributed by atoms with Gasteiger partial charge < -0.3 is 14.2 Å². The summed E-state index contributed by atoms with van der Waals surface area (Å²) in [5.74, 6) is 0.892. The van der Waals surface area contributed by atoms with E-state index in [1.165, 1.54) is 4.90 Å². The van der Waals surface area contributed by atoms with E-state index in [4.69, 9.17) is 4.74 Å². The van der Waals surface area contributed by atoms with Gasteiger partial charge in [0.1, 0.15) is 12.3 Å². The minimum absolute atomic E-state index is 0.0738. The molecule has 0 aromatic carbocycles. The van der Waals surface area contributed by atoms with Crippen LogP contribution in [0.1, 0.15) is 40.7 Å². The molecule has 0 spiro atoms. The average Bonchev–Trinajstić information content (AvgIpc) is 2.97. The maximum atomic E-state index is 12.6. The van der Waals surface area contributed by atoms with Gasteiger partial charge in [0.2, 0.25) is 0 Å². The largest absolute Gasteiger partial charge is 0.433 e. The summed E-state index contributed by atoms with van der Waals surface area (Å²) in [6, 6.07) is 1.87. The van der Waals surface area contributed by atoms with Crippen LogP contribution in [0.2, 0.25) is 0 Å². The summed E-state index contributed by atoms with van der Waals surface area (Å²) in [6.07, 6.45) is -3.58. The number of nitrogens with zero attached hydrogens (tertiary/aromatic N) is 5. The smallest absolute Gasteiger partial charge is 0.377 e. The minimum atomic E-state index is -4.53. The Labute approximate surface area is 141 Å². The highest BCUT2D eigenvalue weighted by molar-refractivity contribution is 5.94. The molecule has 0 N–H and O–H groups in total. The van der Waals surface area contributed by atoms with Gasteiger partial charge in [-0.25, -0.2) is 0 Å². The van der Waals surface area contributed by atoms with E-state index < -0.39 is 17.8 Å². The highest BCUT2D eigenvalue weighted by Gasteiger charge is 2.33. The normalized spacial score (nSPS) is 17.5. The van der Waals surface area contributed by atoms with Crippen molar-refractivity contribution in [3.8, 4) is 0 Å². The number of fused-ring (bicyclic) bond motifs is 1. The molecule has 0 fully saturated rings. The van der Waals surface area contributed by atoms with Crippen molar-refractivity contribution in [1.29, 1.82) is 0 Å². The Morgan fingerprint density at radius 2 is 2.12 bits per heavy atom. The van der Waals surface area contributed by atoms with Crippen molar-refractivity contribution in [2.75, 3.05) is 13.7 Å². The summed E-state index contributed by atoms with van der Waals surface area (Å²) in [5.41, 5.74) is -0.926. The predicted octanol–water partition coefficient (Wildman–Crippen LogP) is 2.06. The molecule has 0 radical (unpaired) electrons. The molecule has 0 saturated heterocycles. The zero-order valence-electron chi connectivity index (χ0n) is 13.6. The first-order chi connectivity index (χ1) is 11.8. The third-order valence-electron chi connectivity index (χ3n) is 3.96. The summed E-state index contributed by atoms with van der Waals surface area (Å²) in [7, 11) is 1.56. The molecule has 0 saturated carbocycles. The van der Waals surface area contributed by atoms with Gasteiger partial charge in [0.05, 0.1) is 18.2 Å². The lowest BCUT2D eigenvalue weighted by Gasteiger charge is -2.32. The first-order valence-electron chi connectivity index (χ1n) is 7.55. The van der Waals surface area contributed by atoms with Gasteiger partial charge in [0, 0.05) is 19.9 Å². The molecule has 2 aromatic rings. The number of rotatable bonds is 3. The van der Waals surface area contributed by atoms with Crippen LogP contribution in [0.15, 0.2) is 18.3 Å². The number of amides is 1. The van der Waals surface area contributed by atoms with Gasteiger partial charge in [-0.3, -0.25) is 9.78 Å². The number of carbonyl (C=O) groups excluding carboxylic acids is 1. The van der Waals surface area contributed by atoms with E-state index in [0.29, 0.717) is 24.8 Å². The van der Waals surface area contributed by atoms with Crippen LogP contribution in [0, 0.1) is 0 Å². The van der Waals surface area contributed by atoms with Gasteiger partial charge >= 0.3 is 6.18 Å². The standard InChI is InChI=1S/C15H16F3N5O2/c1-9-6-22(7-12-20-21-13(8-25-2)23(9)12)14(24)10-3-4-11(19-5-10)15(16,17)18/h3-5,9H,6-8H2,1-2H3/t9-/m0/s1. The molecule has 3 heterocycles. The molecule has 0 aliphatic carbocycles. The Morgan fingerprint density at radius 1 is 1.36 bits per heavy atom. The summed E-state index contributed by atoms with van der Waals surface area (Å²) < 4.78 is 44.7. The predicted molar refractivity (Wildman–Crippen MR) is 79.4 cm³/mol. The molecule has 7 nitrogen and oxygen atoms in total. The fraction of sp³-hybridized carbons (Fsp3) is 0.467. The Bertz CT molecular complexity index is 772. The van der Waals surface area contributed by atoms with Crippen molar-refractivity contribution in [1.82, 2.24) is 24.6 Å². The summed E-state index contributed by atoms with van der Waals surface area (Å²) in [6.45, 7) is 2.84. The molecular weight excluding hydrogens is 339 g/mol. The molecule has 3 rings (SSSR count). The van der Waals surface area contributed by atoms with Gasteiger partial charge in [0.15, 0.2) is 11.6 Å². The molecule has 2 aromatic heterocycles. The third-order valence-corrected chi connectivity index (χ3v) is 3.96. The highest BCUT2D eigenvalue weighted by atomic mass is 19.4. The van der Waals surface area contributed by atoms with Crippen LogP contribution in [0.25, 0.3) is 0 Å². The zero-order valence-corrected chi connectivity index (χ0v) is 13.6. The van der Waals surface area contributed by atoms with E-state index in [0.717, 1.165) is 18.3 Å². The number of aromatic nitrogens is 4. The minimum Gasteiger partial charge on any atom is -0.377 e. The first-order valence-corrected chi connectivity index (χ1v) is 7.55. The molecule has 25 heavy (non-hydrogen) atoms. The number of carbonyl (C=O) groups is 1. The number of pyridine rings is 1. The van der Waals surface area contributed by atoms with Crippen molar-refractivity contribution >= 4 is 5.91 Å². The molecule has 10 heteroatoms. The lowest BCUT2D eigenvalue weighted by molar-refractivity contribution is -0.141. The molecule has 0 bridgehead atoms. The van der Waals surface area contributed by atoms with Gasteiger partial charge in [-0.05, 0) is 19.1 Å². The van der Waals surface area contributed by atoms with E-state index in [2.05, 4.69) is 15.2 Å². The van der Waals surface area contributed by atoms with Crippen LogP contribution >= 0.6 is 0 Å². The fourth-order valence-corrected chi connectivity index (χ4v) is 2.87. The monoisotopic (exact) mass is 355 g/mol. The Hall–Kier alpha value is -2.49. The molecule has 134 valence electrons. The second-order valence-electron chi connectivity index (χ2n) is 5.80. The van der Waals surface area contributed by atoms with E-state index in [9.17, 15) is 18.0 Å². The summed E-state index contributed by atoms with van der Waals surface area (Å²) in [5, 5.41) is 8.13. The number of halogens is 3. The maximum absolute atomic E-state index is 12.6. The molecule has 1 atom stereocenters. The quantitative estimate of drug-likeness (QED) is 0.843. The lowest BCUT2D eigenvalue weighted by atomic mass is 10.1. The van der Waals surface area contributed by atoms with Crippen LogP contribution in [0.3, 0.4) is 0 Å².